The van der Waals surface area contributed by atoms with E-state index in [9.17, 15) is 4.79 Å². The Bertz CT molecular complexity index is 1150. The first-order chi connectivity index (χ1) is 15.5. The lowest BCUT2D eigenvalue weighted by molar-refractivity contribution is 0.168. The van der Waals surface area contributed by atoms with Crippen LogP contribution in [0.4, 0.5) is 15.5 Å². The Morgan fingerprint density at radius 1 is 1.19 bits per heavy atom. The predicted molar refractivity (Wildman–Crippen MR) is 133 cm³/mol. The second-order valence-electron chi connectivity index (χ2n) is 7.00. The van der Waals surface area contributed by atoms with Gasteiger partial charge in [-0.05, 0) is 24.6 Å². The van der Waals surface area contributed by atoms with E-state index in [1.165, 1.54) is 11.3 Å². The summed E-state index contributed by atoms with van der Waals surface area (Å²) in [5.74, 6) is 0. The van der Waals surface area contributed by atoms with Crippen LogP contribution in [-0.4, -0.2) is 37.6 Å². The fraction of sp³-hybridized carbons (Fsp3) is 0.208. The van der Waals surface area contributed by atoms with E-state index < -0.39 is 6.09 Å². The molecule has 2 aromatic carbocycles. The number of nitrogens with zero attached hydrogens (tertiary/aromatic N) is 4. The van der Waals surface area contributed by atoms with Crippen molar-refractivity contribution in [3.05, 3.63) is 77.6 Å². The number of allylic oxidation sites excluding steroid dienone is 1. The average molecular weight is 450 g/mol. The molecule has 0 atom stereocenters. The zero-order chi connectivity index (χ0) is 22.9. The highest BCUT2D eigenvalue weighted by atomic mass is 32.1. The molecule has 166 valence electrons. The van der Waals surface area contributed by atoms with E-state index in [4.69, 9.17) is 4.74 Å². The third-order valence-electron chi connectivity index (χ3n) is 4.52. The van der Waals surface area contributed by atoms with Crippen LogP contribution in [0, 0.1) is 0 Å². The first-order valence-corrected chi connectivity index (χ1v) is 11.0. The topological polar surface area (TPSA) is 71.2 Å². The van der Waals surface area contributed by atoms with Crippen molar-refractivity contribution in [2.24, 2.45) is 10.2 Å². The lowest BCUT2D eigenvalue weighted by Crippen LogP contribution is -2.15. The molecule has 3 aromatic rings. The summed E-state index contributed by atoms with van der Waals surface area (Å²) in [5, 5.41) is 12.2. The van der Waals surface area contributed by atoms with Crippen LogP contribution >= 0.6 is 11.3 Å². The van der Waals surface area contributed by atoms with Gasteiger partial charge in [-0.3, -0.25) is 5.32 Å². The van der Waals surface area contributed by atoms with Gasteiger partial charge in [0.15, 0.2) is 0 Å². The lowest BCUT2D eigenvalue weighted by atomic mass is 10.1. The Balaban J connectivity index is 2.03. The number of carbonyl (C=O) groups is 1. The molecule has 0 aliphatic heterocycles. The molecule has 0 fully saturated rings. The maximum absolute atomic E-state index is 12.1. The number of aromatic nitrogens is 1. The summed E-state index contributed by atoms with van der Waals surface area (Å²) in [7, 11) is 4.00. The van der Waals surface area contributed by atoms with E-state index in [1.807, 2.05) is 78.2 Å². The molecule has 8 heteroatoms. The second kappa shape index (κ2) is 11.1. The van der Waals surface area contributed by atoms with Gasteiger partial charge >= 0.3 is 6.09 Å². The number of hydrogen-bond donors (Lipinski definition) is 1. The van der Waals surface area contributed by atoms with Crippen LogP contribution < -0.4 is 15.0 Å². The third kappa shape index (κ3) is 5.73. The van der Waals surface area contributed by atoms with Crippen molar-refractivity contribution in [3.63, 3.8) is 0 Å². The quantitative estimate of drug-likeness (QED) is 0.300. The van der Waals surface area contributed by atoms with Gasteiger partial charge < -0.3 is 14.2 Å². The standard InChI is InChI=1S/C24H27N5O2S/c1-5-16-29-21(19-10-8-7-9-11-19)22(26-24(30)31-6-2)32-23(29)27-25-17-18-12-14-20(15-13-18)28(3)4/h5,7-15,17H,1,6,16H2,2-4H3,(H,26,30)/b25-17+,27-23+. The normalized spacial score (nSPS) is 11.5. The molecule has 0 saturated carbocycles. The Morgan fingerprint density at radius 2 is 1.91 bits per heavy atom. The minimum absolute atomic E-state index is 0.290. The first-order valence-electron chi connectivity index (χ1n) is 10.2. The minimum Gasteiger partial charge on any atom is -0.450 e. The van der Waals surface area contributed by atoms with Crippen molar-refractivity contribution in [1.82, 2.24) is 4.57 Å². The fourth-order valence-corrected chi connectivity index (χ4v) is 4.02. The van der Waals surface area contributed by atoms with E-state index in [-0.39, 0.29) is 0 Å². The van der Waals surface area contributed by atoms with Crippen LogP contribution in [-0.2, 0) is 11.3 Å². The number of anilines is 2. The number of ether oxygens (including phenoxy) is 1. The SMILES string of the molecule is C=CCn1c(-c2ccccc2)c(NC(=O)OCC)s/c1=N/N=C/c1ccc(N(C)C)cc1. The molecule has 1 N–H and O–H groups in total. The maximum atomic E-state index is 12.1. The smallest absolute Gasteiger partial charge is 0.412 e. The van der Waals surface area contributed by atoms with Gasteiger partial charge in [0.1, 0.15) is 5.00 Å². The van der Waals surface area contributed by atoms with Crippen LogP contribution in [0.3, 0.4) is 0 Å². The molecule has 1 aromatic heterocycles. The molecule has 1 amide bonds. The summed E-state index contributed by atoms with van der Waals surface area (Å²) in [6, 6.07) is 17.8. The highest BCUT2D eigenvalue weighted by molar-refractivity contribution is 7.14. The van der Waals surface area contributed by atoms with Gasteiger partial charge in [0.2, 0.25) is 4.80 Å². The summed E-state index contributed by atoms with van der Waals surface area (Å²) in [5.41, 5.74) is 3.83. The van der Waals surface area contributed by atoms with Crippen LogP contribution in [0.1, 0.15) is 12.5 Å². The van der Waals surface area contributed by atoms with Crippen LogP contribution in [0.2, 0.25) is 0 Å². The van der Waals surface area contributed by atoms with E-state index in [1.54, 1.807) is 19.2 Å². The molecule has 0 spiro atoms. The molecule has 0 aliphatic carbocycles. The number of thiazole rings is 1. The second-order valence-corrected chi connectivity index (χ2v) is 7.98. The summed E-state index contributed by atoms with van der Waals surface area (Å²) < 4.78 is 7.05. The molecule has 0 bridgehead atoms. The largest absolute Gasteiger partial charge is 0.450 e. The van der Waals surface area contributed by atoms with Crippen LogP contribution in [0.25, 0.3) is 11.3 Å². The fourth-order valence-electron chi connectivity index (χ4n) is 3.02. The van der Waals surface area contributed by atoms with E-state index in [0.717, 1.165) is 22.5 Å². The molecule has 1 heterocycles. The van der Waals surface area contributed by atoms with Crippen molar-refractivity contribution in [2.75, 3.05) is 30.9 Å². The van der Waals surface area contributed by atoms with Gasteiger partial charge in [-0.2, -0.15) is 5.10 Å². The van der Waals surface area contributed by atoms with Gasteiger partial charge in [0.05, 0.1) is 18.5 Å². The van der Waals surface area contributed by atoms with Gasteiger partial charge in [0, 0.05) is 31.9 Å². The van der Waals surface area contributed by atoms with E-state index >= 15 is 0 Å². The zero-order valence-corrected chi connectivity index (χ0v) is 19.3. The summed E-state index contributed by atoms with van der Waals surface area (Å²) in [6.45, 7) is 6.44. The highest BCUT2D eigenvalue weighted by Crippen LogP contribution is 2.31. The van der Waals surface area contributed by atoms with Gasteiger partial charge in [0.25, 0.3) is 0 Å². The molecular weight excluding hydrogens is 422 g/mol. The molecule has 0 unspecified atom stereocenters. The number of amides is 1. The predicted octanol–water partition coefficient (Wildman–Crippen LogP) is 4.97. The first kappa shape index (κ1) is 23.0. The Hall–Kier alpha value is -3.65. The highest BCUT2D eigenvalue weighted by Gasteiger charge is 2.17. The molecule has 32 heavy (non-hydrogen) atoms. The maximum Gasteiger partial charge on any atom is 0.412 e. The van der Waals surface area contributed by atoms with Gasteiger partial charge in [-0.25, -0.2) is 4.79 Å². The molecule has 0 radical (unpaired) electrons. The number of hydrogen-bond acceptors (Lipinski definition) is 6. The third-order valence-corrected chi connectivity index (χ3v) is 5.50. The number of carbonyl (C=O) groups excluding carboxylic acids is 1. The molecule has 7 nitrogen and oxygen atoms in total. The molecule has 0 aliphatic rings. The van der Waals surface area contributed by atoms with Crippen LogP contribution in [0.5, 0.6) is 0 Å². The Labute approximate surface area is 192 Å². The van der Waals surface area contributed by atoms with Crippen molar-refractivity contribution in [3.8, 4) is 11.3 Å². The Morgan fingerprint density at radius 3 is 2.53 bits per heavy atom. The zero-order valence-electron chi connectivity index (χ0n) is 18.5. The van der Waals surface area contributed by atoms with E-state index in [0.29, 0.717) is 23.0 Å². The van der Waals surface area contributed by atoms with Gasteiger partial charge in [-0.15, -0.1) is 11.7 Å². The summed E-state index contributed by atoms with van der Waals surface area (Å²) >= 11 is 1.33. The van der Waals surface area contributed by atoms with Crippen LogP contribution in [0.15, 0.2) is 77.5 Å². The molecular formula is C24H27N5O2S. The molecule has 3 rings (SSSR count). The van der Waals surface area contributed by atoms with E-state index in [2.05, 4.69) is 22.1 Å². The average Bonchev–Trinajstić information content (AvgIpc) is 3.11. The lowest BCUT2D eigenvalue weighted by Gasteiger charge is -2.11. The summed E-state index contributed by atoms with van der Waals surface area (Å²) in [4.78, 5) is 14.8. The summed E-state index contributed by atoms with van der Waals surface area (Å²) in [6.07, 6.45) is 2.99. The number of benzene rings is 2. The number of rotatable bonds is 8. The number of nitrogens with one attached hydrogen (secondary N) is 1. The monoisotopic (exact) mass is 449 g/mol. The van der Waals surface area contributed by atoms with Crippen molar-refractivity contribution in [2.45, 2.75) is 13.5 Å². The van der Waals surface area contributed by atoms with Gasteiger partial charge in [-0.1, -0.05) is 59.9 Å². The Kier molecular flexibility index (Phi) is 7.99. The van der Waals surface area contributed by atoms with Crippen molar-refractivity contribution >= 4 is 34.3 Å². The van der Waals surface area contributed by atoms with Crippen molar-refractivity contribution in [1.29, 1.82) is 0 Å². The van der Waals surface area contributed by atoms with Crippen molar-refractivity contribution < 1.29 is 9.53 Å². The molecule has 0 saturated heterocycles. The minimum atomic E-state index is -0.507.